The van der Waals surface area contributed by atoms with Crippen LogP contribution in [0, 0.1) is 0 Å². The molecule has 0 atom stereocenters. The van der Waals surface area contributed by atoms with Gasteiger partial charge in [-0.05, 0) is 55.5 Å². The van der Waals surface area contributed by atoms with Crippen molar-refractivity contribution in [3.8, 4) is 28.4 Å². The van der Waals surface area contributed by atoms with Gasteiger partial charge in [-0.25, -0.2) is 4.98 Å². The number of nitrogens with zero attached hydrogens (tertiary/aromatic N) is 2. The van der Waals surface area contributed by atoms with E-state index in [1.165, 1.54) is 6.42 Å². The highest BCUT2D eigenvalue weighted by atomic mass is 16.7. The van der Waals surface area contributed by atoms with Crippen LogP contribution in [0.15, 0.2) is 42.6 Å². The molecule has 0 saturated heterocycles. The Morgan fingerprint density at radius 2 is 1.79 bits per heavy atom. The summed E-state index contributed by atoms with van der Waals surface area (Å²) in [6, 6.07) is 11.8. The Bertz CT molecular complexity index is 1080. The molecule has 1 aromatic heterocycles. The maximum Gasteiger partial charge on any atom is 0.221 e. The quantitative estimate of drug-likeness (QED) is 0.442. The lowest BCUT2D eigenvalue weighted by atomic mass is 9.94. The van der Waals surface area contributed by atoms with E-state index in [1.54, 1.807) is 13.3 Å². The summed E-state index contributed by atoms with van der Waals surface area (Å²) < 4.78 is 23.1. The van der Waals surface area contributed by atoms with Gasteiger partial charge in [0.2, 0.25) is 5.95 Å². The molecule has 0 radical (unpaired) electrons. The lowest BCUT2D eigenvalue weighted by molar-refractivity contribution is 0.0511. The fourth-order valence-corrected chi connectivity index (χ4v) is 3.71. The minimum atomic E-state index is 0.158. The number of nitrogen functional groups attached to an aromatic ring is 2. The molecule has 1 aliphatic carbocycles. The molecule has 4 N–H and O–H groups in total. The Morgan fingerprint density at radius 3 is 2.42 bits per heavy atom. The highest BCUT2D eigenvalue weighted by Crippen LogP contribution is 2.44. The molecule has 33 heavy (non-hydrogen) atoms. The largest absolute Gasteiger partial charge is 0.493 e. The normalized spacial score (nSPS) is 13.4. The van der Waals surface area contributed by atoms with Gasteiger partial charge in [0.05, 0.1) is 18.3 Å². The summed E-state index contributed by atoms with van der Waals surface area (Å²) in [5.41, 5.74) is 15.5. The summed E-state index contributed by atoms with van der Waals surface area (Å²) in [7, 11) is 1.59. The molecule has 0 amide bonds. The summed E-state index contributed by atoms with van der Waals surface area (Å²) in [6.45, 7) is 2.71. The van der Waals surface area contributed by atoms with Crippen molar-refractivity contribution in [1.29, 1.82) is 0 Å². The SMILES string of the molecule is CCOc1ccc(Cc2cnc(N)nc2N)c(OC2CCC2)c1-c1ccc(OCOC)cc1. The molecule has 0 bridgehead atoms. The third kappa shape index (κ3) is 5.28. The fraction of sp³-hybridized carbons (Fsp3) is 0.360. The van der Waals surface area contributed by atoms with Crippen LogP contribution in [0.2, 0.25) is 0 Å². The smallest absolute Gasteiger partial charge is 0.221 e. The molecular formula is C25H30N4O4. The van der Waals surface area contributed by atoms with Crippen LogP contribution >= 0.6 is 0 Å². The highest BCUT2D eigenvalue weighted by Gasteiger charge is 2.25. The maximum absolute atomic E-state index is 6.55. The number of hydrogen-bond acceptors (Lipinski definition) is 8. The third-order valence-electron chi connectivity index (χ3n) is 5.62. The summed E-state index contributed by atoms with van der Waals surface area (Å²) in [5, 5.41) is 0. The maximum atomic E-state index is 6.55. The number of methoxy groups -OCH3 is 1. The number of benzene rings is 2. The van der Waals surface area contributed by atoms with Crippen molar-refractivity contribution in [2.24, 2.45) is 0 Å². The molecule has 1 heterocycles. The highest BCUT2D eigenvalue weighted by molar-refractivity contribution is 5.79. The van der Waals surface area contributed by atoms with Gasteiger partial charge in [0.1, 0.15) is 23.1 Å². The van der Waals surface area contributed by atoms with Crippen molar-refractivity contribution in [2.75, 3.05) is 32.0 Å². The number of ether oxygens (including phenoxy) is 4. The zero-order valence-corrected chi connectivity index (χ0v) is 19.0. The van der Waals surface area contributed by atoms with Crippen molar-refractivity contribution < 1.29 is 18.9 Å². The molecular weight excluding hydrogens is 420 g/mol. The second-order valence-corrected chi connectivity index (χ2v) is 7.92. The molecule has 1 saturated carbocycles. The fourth-order valence-electron chi connectivity index (χ4n) is 3.71. The van der Waals surface area contributed by atoms with Gasteiger partial charge in [-0.2, -0.15) is 4.98 Å². The molecule has 4 rings (SSSR count). The topological polar surface area (TPSA) is 115 Å². The second-order valence-electron chi connectivity index (χ2n) is 7.92. The van der Waals surface area contributed by atoms with Crippen LogP contribution in [0.1, 0.15) is 37.3 Å². The van der Waals surface area contributed by atoms with Crippen molar-refractivity contribution in [3.05, 3.63) is 53.7 Å². The predicted octanol–water partition coefficient (Wildman–Crippen LogP) is 4.21. The molecule has 8 nitrogen and oxygen atoms in total. The van der Waals surface area contributed by atoms with Gasteiger partial charge < -0.3 is 30.4 Å². The zero-order valence-electron chi connectivity index (χ0n) is 19.0. The number of anilines is 2. The number of rotatable bonds is 10. The first kappa shape index (κ1) is 22.7. The molecule has 2 aromatic carbocycles. The first-order chi connectivity index (χ1) is 16.1. The van der Waals surface area contributed by atoms with E-state index >= 15 is 0 Å². The van der Waals surface area contributed by atoms with Crippen LogP contribution in [0.3, 0.4) is 0 Å². The van der Waals surface area contributed by atoms with Crippen LogP contribution in [-0.2, 0) is 11.2 Å². The van der Waals surface area contributed by atoms with Gasteiger partial charge >= 0.3 is 0 Å². The number of hydrogen-bond donors (Lipinski definition) is 2. The standard InChI is InChI=1S/C25H30N4O4/c1-3-31-21-12-9-17(13-18-14-28-25(27)29-24(18)26)23(33-20-5-4-6-20)22(21)16-7-10-19(11-8-16)32-15-30-2/h7-12,14,20H,3-6,13,15H2,1-2H3,(H4,26,27,28,29). The molecule has 1 fully saturated rings. The Labute approximate surface area is 193 Å². The van der Waals surface area contributed by atoms with Crippen molar-refractivity contribution in [1.82, 2.24) is 9.97 Å². The summed E-state index contributed by atoms with van der Waals surface area (Å²) in [4.78, 5) is 8.22. The predicted molar refractivity (Wildman–Crippen MR) is 127 cm³/mol. The molecule has 0 aliphatic heterocycles. The minimum Gasteiger partial charge on any atom is -0.493 e. The van der Waals surface area contributed by atoms with E-state index in [-0.39, 0.29) is 18.8 Å². The number of aromatic nitrogens is 2. The molecule has 3 aromatic rings. The van der Waals surface area contributed by atoms with Gasteiger partial charge in [-0.15, -0.1) is 0 Å². The van der Waals surface area contributed by atoms with Crippen LogP contribution in [-0.4, -0.2) is 36.6 Å². The lowest BCUT2D eigenvalue weighted by Gasteiger charge is -2.30. The minimum absolute atomic E-state index is 0.158. The lowest BCUT2D eigenvalue weighted by Crippen LogP contribution is -2.25. The van der Waals surface area contributed by atoms with Gasteiger partial charge in [-0.1, -0.05) is 18.2 Å². The van der Waals surface area contributed by atoms with E-state index in [4.69, 9.17) is 30.4 Å². The first-order valence-corrected chi connectivity index (χ1v) is 11.1. The van der Waals surface area contributed by atoms with Crippen LogP contribution in [0.4, 0.5) is 11.8 Å². The molecule has 174 valence electrons. The Balaban J connectivity index is 1.78. The summed E-state index contributed by atoms with van der Waals surface area (Å²) in [5.74, 6) is 2.82. The number of nitrogens with two attached hydrogens (primary N) is 2. The molecule has 0 spiro atoms. The summed E-state index contributed by atoms with van der Waals surface area (Å²) in [6.07, 6.45) is 5.61. The van der Waals surface area contributed by atoms with Crippen molar-refractivity contribution in [2.45, 2.75) is 38.7 Å². The van der Waals surface area contributed by atoms with E-state index in [1.807, 2.05) is 43.3 Å². The average Bonchev–Trinajstić information content (AvgIpc) is 2.78. The van der Waals surface area contributed by atoms with Gasteiger partial charge in [0, 0.05) is 25.3 Å². The molecule has 0 unspecified atom stereocenters. The van der Waals surface area contributed by atoms with Gasteiger partial charge in [0.25, 0.3) is 0 Å². The Morgan fingerprint density at radius 1 is 1.00 bits per heavy atom. The van der Waals surface area contributed by atoms with Crippen LogP contribution in [0.5, 0.6) is 17.2 Å². The molecule has 1 aliphatic rings. The first-order valence-electron chi connectivity index (χ1n) is 11.1. The van der Waals surface area contributed by atoms with Crippen LogP contribution in [0.25, 0.3) is 11.1 Å². The monoisotopic (exact) mass is 450 g/mol. The summed E-state index contributed by atoms with van der Waals surface area (Å²) >= 11 is 0. The van der Waals surface area contributed by atoms with Crippen LogP contribution < -0.4 is 25.7 Å². The van der Waals surface area contributed by atoms with E-state index < -0.39 is 0 Å². The van der Waals surface area contributed by atoms with E-state index in [0.717, 1.165) is 52.3 Å². The third-order valence-corrected chi connectivity index (χ3v) is 5.62. The Kier molecular flexibility index (Phi) is 7.14. The molecule has 8 heteroatoms. The van der Waals surface area contributed by atoms with Crippen molar-refractivity contribution >= 4 is 11.8 Å². The second kappa shape index (κ2) is 10.4. The van der Waals surface area contributed by atoms with Gasteiger partial charge in [0.15, 0.2) is 6.79 Å². The van der Waals surface area contributed by atoms with E-state index in [2.05, 4.69) is 9.97 Å². The Hall–Kier alpha value is -3.52. The van der Waals surface area contributed by atoms with Gasteiger partial charge in [-0.3, -0.25) is 0 Å². The van der Waals surface area contributed by atoms with E-state index in [9.17, 15) is 0 Å². The average molecular weight is 451 g/mol. The van der Waals surface area contributed by atoms with Crippen molar-refractivity contribution in [3.63, 3.8) is 0 Å². The van der Waals surface area contributed by atoms with E-state index in [0.29, 0.717) is 18.8 Å². The zero-order chi connectivity index (χ0) is 23.2.